The van der Waals surface area contributed by atoms with Gasteiger partial charge < -0.3 is 5.32 Å². The molecule has 1 aliphatic heterocycles. The summed E-state index contributed by atoms with van der Waals surface area (Å²) in [6, 6.07) is 0.924. The molecule has 1 saturated heterocycles. The van der Waals surface area contributed by atoms with Gasteiger partial charge in [0.1, 0.15) is 0 Å². The maximum absolute atomic E-state index is 3.65. The predicted molar refractivity (Wildman–Crippen MR) is 60.5 cm³/mol. The molecule has 0 amide bonds. The van der Waals surface area contributed by atoms with Gasteiger partial charge in [-0.25, -0.2) is 0 Å². The van der Waals surface area contributed by atoms with Gasteiger partial charge in [0.25, 0.3) is 0 Å². The van der Waals surface area contributed by atoms with Gasteiger partial charge in [0, 0.05) is 31.2 Å². The van der Waals surface area contributed by atoms with Crippen LogP contribution in [0.25, 0.3) is 0 Å². The van der Waals surface area contributed by atoms with Crippen LogP contribution in [0.3, 0.4) is 0 Å². The van der Waals surface area contributed by atoms with Crippen molar-refractivity contribution in [3.05, 3.63) is 0 Å². The average molecular weight is 196 g/mol. The minimum Gasteiger partial charge on any atom is -0.309 e. The quantitative estimate of drug-likeness (QED) is 0.741. The molecule has 0 aromatic heterocycles. The second-order valence-electron chi connectivity index (χ2n) is 5.28. The summed E-state index contributed by atoms with van der Waals surface area (Å²) in [7, 11) is 0. The lowest BCUT2D eigenvalue weighted by Gasteiger charge is -2.41. The van der Waals surface area contributed by atoms with E-state index in [1.165, 1.54) is 38.9 Å². The van der Waals surface area contributed by atoms with Gasteiger partial charge in [0.05, 0.1) is 0 Å². The summed E-state index contributed by atoms with van der Waals surface area (Å²) in [5.41, 5.74) is 0.374. The van der Waals surface area contributed by atoms with E-state index in [-0.39, 0.29) is 0 Å². The first-order chi connectivity index (χ1) is 6.68. The molecule has 1 aliphatic carbocycles. The molecule has 82 valence electrons. The zero-order valence-electron chi connectivity index (χ0n) is 9.84. The van der Waals surface area contributed by atoms with Crippen LogP contribution in [0.5, 0.6) is 0 Å². The highest BCUT2D eigenvalue weighted by atomic mass is 15.3. The molecule has 2 rings (SSSR count). The summed E-state index contributed by atoms with van der Waals surface area (Å²) < 4.78 is 0. The van der Waals surface area contributed by atoms with Crippen molar-refractivity contribution in [2.45, 2.75) is 51.6 Å². The third kappa shape index (κ3) is 1.96. The van der Waals surface area contributed by atoms with Crippen molar-refractivity contribution < 1.29 is 0 Å². The Balaban J connectivity index is 1.89. The summed E-state index contributed by atoms with van der Waals surface area (Å²) >= 11 is 0. The van der Waals surface area contributed by atoms with E-state index in [9.17, 15) is 0 Å². The summed E-state index contributed by atoms with van der Waals surface area (Å²) in [5.74, 6) is 1.01. The van der Waals surface area contributed by atoms with E-state index < -0.39 is 0 Å². The molecule has 2 aliphatic rings. The highest BCUT2D eigenvalue weighted by molar-refractivity contribution is 5.00. The number of hydrogen-bond donors (Lipinski definition) is 1. The van der Waals surface area contributed by atoms with Crippen molar-refractivity contribution in [1.29, 1.82) is 0 Å². The van der Waals surface area contributed by atoms with Crippen LogP contribution in [0.15, 0.2) is 0 Å². The van der Waals surface area contributed by atoms with Crippen molar-refractivity contribution in [3.63, 3.8) is 0 Å². The number of hydrogen-bond acceptors (Lipinski definition) is 2. The van der Waals surface area contributed by atoms with Gasteiger partial charge in [-0.2, -0.15) is 0 Å². The van der Waals surface area contributed by atoms with E-state index in [2.05, 4.69) is 31.0 Å². The van der Waals surface area contributed by atoms with Crippen LogP contribution >= 0.6 is 0 Å². The lowest BCUT2D eigenvalue weighted by molar-refractivity contribution is 0.127. The fourth-order valence-electron chi connectivity index (χ4n) is 2.72. The number of nitrogens with zero attached hydrogens (tertiary/aromatic N) is 1. The largest absolute Gasteiger partial charge is 0.309 e. The van der Waals surface area contributed by atoms with Crippen LogP contribution in [-0.4, -0.2) is 36.1 Å². The molecule has 0 aromatic rings. The monoisotopic (exact) mass is 196 g/mol. The molecule has 2 nitrogen and oxygen atoms in total. The average Bonchev–Trinajstić information content (AvgIpc) is 2.97. The molecule has 2 heteroatoms. The smallest absolute Gasteiger partial charge is 0.0278 e. The molecule has 1 heterocycles. The van der Waals surface area contributed by atoms with Crippen molar-refractivity contribution >= 4 is 0 Å². The van der Waals surface area contributed by atoms with E-state index in [1.54, 1.807) is 0 Å². The normalized spacial score (nSPS) is 43.9. The lowest BCUT2D eigenvalue weighted by Crippen LogP contribution is -2.59. The molecular formula is C12H24N2. The van der Waals surface area contributed by atoms with E-state index in [0.29, 0.717) is 5.54 Å². The van der Waals surface area contributed by atoms with E-state index in [0.717, 1.165) is 12.0 Å². The molecule has 3 atom stereocenters. The molecule has 0 aromatic carbocycles. The minimum atomic E-state index is 0.374. The fraction of sp³-hybridized carbons (Fsp3) is 1.00. The number of rotatable bonds is 3. The predicted octanol–water partition coefficient (Wildman–Crippen LogP) is 1.86. The highest BCUT2D eigenvalue weighted by Crippen LogP contribution is 2.39. The maximum Gasteiger partial charge on any atom is 0.0278 e. The Bertz CT molecular complexity index is 204. The highest BCUT2D eigenvalue weighted by Gasteiger charge is 2.43. The van der Waals surface area contributed by atoms with Crippen molar-refractivity contribution in [1.82, 2.24) is 10.2 Å². The Morgan fingerprint density at radius 3 is 2.79 bits per heavy atom. The third-order valence-corrected chi connectivity index (χ3v) is 4.16. The number of piperazine rings is 1. The van der Waals surface area contributed by atoms with Crippen LogP contribution in [0.4, 0.5) is 0 Å². The molecule has 1 saturated carbocycles. The van der Waals surface area contributed by atoms with Crippen LogP contribution in [0, 0.1) is 5.92 Å². The van der Waals surface area contributed by atoms with Gasteiger partial charge in [-0.05, 0) is 25.7 Å². The van der Waals surface area contributed by atoms with Crippen molar-refractivity contribution in [2.24, 2.45) is 5.92 Å². The van der Waals surface area contributed by atoms with E-state index in [4.69, 9.17) is 0 Å². The van der Waals surface area contributed by atoms with Crippen molar-refractivity contribution in [2.75, 3.05) is 19.6 Å². The minimum absolute atomic E-state index is 0.374. The second-order valence-corrected chi connectivity index (χ2v) is 5.28. The Morgan fingerprint density at radius 1 is 1.43 bits per heavy atom. The zero-order valence-corrected chi connectivity index (χ0v) is 9.84. The molecule has 2 fully saturated rings. The number of nitrogens with one attached hydrogen (secondary N) is 1. The first-order valence-electron chi connectivity index (χ1n) is 6.17. The first-order valence-corrected chi connectivity index (χ1v) is 6.17. The van der Waals surface area contributed by atoms with Gasteiger partial charge in [-0.1, -0.05) is 20.3 Å². The summed E-state index contributed by atoms with van der Waals surface area (Å²) in [6.45, 7) is 10.7. The topological polar surface area (TPSA) is 15.3 Å². The molecule has 3 unspecified atom stereocenters. The zero-order chi connectivity index (χ0) is 10.2. The van der Waals surface area contributed by atoms with Gasteiger partial charge >= 0.3 is 0 Å². The SMILES string of the molecule is CCC1CC1N1CCNC(C)(CC)C1. The molecule has 1 N–H and O–H groups in total. The Morgan fingerprint density at radius 2 is 2.21 bits per heavy atom. The molecule has 14 heavy (non-hydrogen) atoms. The lowest BCUT2D eigenvalue weighted by atomic mass is 9.95. The van der Waals surface area contributed by atoms with E-state index in [1.807, 2.05) is 0 Å². The van der Waals surface area contributed by atoms with Crippen molar-refractivity contribution in [3.8, 4) is 0 Å². The maximum atomic E-state index is 3.65. The first kappa shape index (κ1) is 10.4. The third-order valence-electron chi connectivity index (χ3n) is 4.16. The standard InChI is InChI=1S/C12H24N2/c1-4-10-8-11(10)14-7-6-13-12(3,5-2)9-14/h10-11,13H,4-9H2,1-3H3. The van der Waals surface area contributed by atoms with Gasteiger partial charge in [0.15, 0.2) is 0 Å². The van der Waals surface area contributed by atoms with Crippen LogP contribution in [0.1, 0.15) is 40.0 Å². The Labute approximate surface area is 88.1 Å². The van der Waals surface area contributed by atoms with E-state index >= 15 is 0 Å². The summed E-state index contributed by atoms with van der Waals surface area (Å²) in [6.07, 6.45) is 4.07. The summed E-state index contributed by atoms with van der Waals surface area (Å²) in [4.78, 5) is 2.72. The van der Waals surface area contributed by atoms with Gasteiger partial charge in [0.2, 0.25) is 0 Å². The summed E-state index contributed by atoms with van der Waals surface area (Å²) in [5, 5.41) is 3.65. The fourth-order valence-corrected chi connectivity index (χ4v) is 2.72. The Kier molecular flexibility index (Phi) is 2.85. The van der Waals surface area contributed by atoms with Crippen LogP contribution in [0.2, 0.25) is 0 Å². The van der Waals surface area contributed by atoms with Gasteiger partial charge in [-0.3, -0.25) is 4.90 Å². The molecular weight excluding hydrogens is 172 g/mol. The van der Waals surface area contributed by atoms with Crippen LogP contribution < -0.4 is 5.32 Å². The molecule has 0 radical (unpaired) electrons. The van der Waals surface area contributed by atoms with Gasteiger partial charge in [-0.15, -0.1) is 0 Å². The second kappa shape index (κ2) is 3.82. The molecule has 0 bridgehead atoms. The molecule has 0 spiro atoms. The Hall–Kier alpha value is -0.0800. The van der Waals surface area contributed by atoms with Crippen LogP contribution in [-0.2, 0) is 0 Å².